The first-order chi connectivity index (χ1) is 8.20. The second-order valence-corrected chi connectivity index (χ2v) is 3.89. The number of H-pyrrole nitrogens is 1. The maximum absolute atomic E-state index is 11.8. The standard InChI is InChI=1S/C12H12ClN3O/c1-2-9-10(13)16-11(15-9)12(17)14-8-6-4-3-5-7-8/h3-7H,2H2,1H3,(H,14,17)(H,15,16). The highest BCUT2D eigenvalue weighted by molar-refractivity contribution is 6.30. The van der Waals surface area contributed by atoms with Gasteiger partial charge in [-0.2, -0.15) is 0 Å². The fraction of sp³-hybridized carbons (Fsp3) is 0.167. The van der Waals surface area contributed by atoms with Gasteiger partial charge in [-0.1, -0.05) is 36.7 Å². The van der Waals surface area contributed by atoms with Crippen LogP contribution in [0.15, 0.2) is 30.3 Å². The molecule has 0 aliphatic rings. The van der Waals surface area contributed by atoms with Crippen LogP contribution in [0, 0.1) is 0 Å². The molecular weight excluding hydrogens is 238 g/mol. The van der Waals surface area contributed by atoms with Crippen LogP contribution in [0.3, 0.4) is 0 Å². The van der Waals surface area contributed by atoms with E-state index in [4.69, 9.17) is 11.6 Å². The van der Waals surface area contributed by atoms with Crippen LogP contribution in [0.25, 0.3) is 0 Å². The van der Waals surface area contributed by atoms with E-state index in [2.05, 4.69) is 15.3 Å². The zero-order valence-corrected chi connectivity index (χ0v) is 10.1. The van der Waals surface area contributed by atoms with Gasteiger partial charge >= 0.3 is 0 Å². The topological polar surface area (TPSA) is 57.8 Å². The molecule has 2 rings (SSSR count). The van der Waals surface area contributed by atoms with E-state index in [1.54, 1.807) is 0 Å². The third-order valence-corrected chi connectivity index (χ3v) is 2.64. The van der Waals surface area contributed by atoms with Crippen LogP contribution in [0.5, 0.6) is 0 Å². The van der Waals surface area contributed by atoms with Gasteiger partial charge in [0.15, 0.2) is 11.0 Å². The first-order valence-corrected chi connectivity index (χ1v) is 5.69. The number of carbonyl (C=O) groups excluding carboxylic acids is 1. The summed E-state index contributed by atoms with van der Waals surface area (Å²) in [7, 11) is 0. The molecule has 88 valence electrons. The van der Waals surface area contributed by atoms with Gasteiger partial charge in [0.2, 0.25) is 0 Å². The van der Waals surface area contributed by atoms with Gasteiger partial charge in [0.05, 0.1) is 5.69 Å². The highest BCUT2D eigenvalue weighted by Gasteiger charge is 2.13. The lowest BCUT2D eigenvalue weighted by atomic mass is 10.3. The Morgan fingerprint density at radius 1 is 1.41 bits per heavy atom. The maximum Gasteiger partial charge on any atom is 0.291 e. The minimum Gasteiger partial charge on any atom is -0.336 e. The minimum absolute atomic E-state index is 0.232. The molecule has 0 atom stereocenters. The Morgan fingerprint density at radius 3 is 2.71 bits per heavy atom. The van der Waals surface area contributed by atoms with Gasteiger partial charge < -0.3 is 10.3 Å². The Hall–Kier alpha value is -1.81. The van der Waals surface area contributed by atoms with E-state index in [1.807, 2.05) is 37.3 Å². The van der Waals surface area contributed by atoms with Crippen LogP contribution in [0.1, 0.15) is 23.2 Å². The average molecular weight is 250 g/mol. The molecule has 0 radical (unpaired) electrons. The number of hydrogen-bond acceptors (Lipinski definition) is 2. The summed E-state index contributed by atoms with van der Waals surface area (Å²) in [5, 5.41) is 3.08. The lowest BCUT2D eigenvalue weighted by Crippen LogP contribution is -2.13. The molecule has 1 heterocycles. The van der Waals surface area contributed by atoms with Crippen molar-refractivity contribution in [1.82, 2.24) is 9.97 Å². The molecule has 0 fully saturated rings. The fourth-order valence-corrected chi connectivity index (χ4v) is 1.71. The second-order valence-electron chi connectivity index (χ2n) is 3.53. The molecule has 4 nitrogen and oxygen atoms in total. The molecule has 0 unspecified atom stereocenters. The summed E-state index contributed by atoms with van der Waals surface area (Å²) in [6, 6.07) is 9.20. The van der Waals surface area contributed by atoms with Crippen LogP contribution in [-0.2, 0) is 6.42 Å². The molecule has 1 aromatic carbocycles. The number of aromatic nitrogens is 2. The molecule has 17 heavy (non-hydrogen) atoms. The molecule has 0 saturated heterocycles. The molecule has 0 aliphatic carbocycles. The van der Waals surface area contributed by atoms with Crippen LogP contribution in [-0.4, -0.2) is 15.9 Å². The van der Waals surface area contributed by atoms with Crippen molar-refractivity contribution >= 4 is 23.2 Å². The van der Waals surface area contributed by atoms with Crippen molar-refractivity contribution in [3.8, 4) is 0 Å². The summed E-state index contributed by atoms with van der Waals surface area (Å²) >= 11 is 5.87. The number of para-hydroxylation sites is 1. The molecule has 0 saturated carbocycles. The van der Waals surface area contributed by atoms with Crippen LogP contribution < -0.4 is 5.32 Å². The van der Waals surface area contributed by atoms with Crippen molar-refractivity contribution < 1.29 is 4.79 Å². The minimum atomic E-state index is -0.294. The molecule has 5 heteroatoms. The molecule has 1 amide bonds. The number of nitrogens with one attached hydrogen (secondary N) is 2. The SMILES string of the molecule is CCc1[nH]c(C(=O)Nc2ccccc2)nc1Cl. The number of nitrogens with zero attached hydrogens (tertiary/aromatic N) is 1. The number of benzene rings is 1. The van der Waals surface area contributed by atoms with Crippen molar-refractivity contribution in [3.63, 3.8) is 0 Å². The van der Waals surface area contributed by atoms with Crippen molar-refractivity contribution in [2.24, 2.45) is 0 Å². The maximum atomic E-state index is 11.8. The lowest BCUT2D eigenvalue weighted by molar-refractivity contribution is 0.101. The number of amides is 1. The van der Waals surface area contributed by atoms with Gasteiger partial charge in [0.25, 0.3) is 5.91 Å². The number of anilines is 1. The summed E-state index contributed by atoms with van der Waals surface area (Å²) in [5.74, 6) is -0.0616. The van der Waals surface area contributed by atoms with Gasteiger partial charge in [-0.15, -0.1) is 0 Å². The predicted molar refractivity (Wildman–Crippen MR) is 67.4 cm³/mol. The van der Waals surface area contributed by atoms with Crippen molar-refractivity contribution in [3.05, 3.63) is 47.0 Å². The van der Waals surface area contributed by atoms with Gasteiger partial charge in [-0.25, -0.2) is 4.98 Å². The molecule has 0 aliphatic heterocycles. The number of halogens is 1. The third-order valence-electron chi connectivity index (χ3n) is 2.33. The first kappa shape index (κ1) is 11.7. The van der Waals surface area contributed by atoms with E-state index >= 15 is 0 Å². The van der Waals surface area contributed by atoms with E-state index in [0.29, 0.717) is 11.6 Å². The van der Waals surface area contributed by atoms with Crippen molar-refractivity contribution in [1.29, 1.82) is 0 Å². The number of hydrogen-bond donors (Lipinski definition) is 2. The Balaban J connectivity index is 2.15. The van der Waals surface area contributed by atoms with Crippen molar-refractivity contribution in [2.75, 3.05) is 5.32 Å². The highest BCUT2D eigenvalue weighted by Crippen LogP contribution is 2.14. The normalized spacial score (nSPS) is 10.2. The van der Waals surface area contributed by atoms with Gasteiger partial charge in [-0.3, -0.25) is 4.79 Å². The molecule has 2 aromatic rings. The second kappa shape index (κ2) is 5.01. The molecule has 2 N–H and O–H groups in total. The Kier molecular flexibility index (Phi) is 3.44. The van der Waals surface area contributed by atoms with E-state index in [9.17, 15) is 4.79 Å². The first-order valence-electron chi connectivity index (χ1n) is 5.31. The summed E-state index contributed by atoms with van der Waals surface area (Å²) in [4.78, 5) is 18.7. The zero-order chi connectivity index (χ0) is 12.3. The van der Waals surface area contributed by atoms with Gasteiger partial charge in [-0.05, 0) is 18.6 Å². The monoisotopic (exact) mass is 249 g/mol. The predicted octanol–water partition coefficient (Wildman–Crippen LogP) is 2.88. The number of rotatable bonds is 3. The quantitative estimate of drug-likeness (QED) is 0.879. The van der Waals surface area contributed by atoms with E-state index in [-0.39, 0.29) is 11.7 Å². The number of aryl methyl sites for hydroxylation is 1. The molecule has 0 bridgehead atoms. The smallest absolute Gasteiger partial charge is 0.291 e. The average Bonchev–Trinajstić information content (AvgIpc) is 2.72. The van der Waals surface area contributed by atoms with Gasteiger partial charge in [0.1, 0.15) is 0 Å². The third kappa shape index (κ3) is 2.65. The summed E-state index contributed by atoms with van der Waals surface area (Å²) in [6.45, 7) is 1.94. The largest absolute Gasteiger partial charge is 0.336 e. The van der Waals surface area contributed by atoms with Crippen molar-refractivity contribution in [2.45, 2.75) is 13.3 Å². The van der Waals surface area contributed by atoms with Crippen LogP contribution in [0.4, 0.5) is 5.69 Å². The number of imidazole rings is 1. The van der Waals surface area contributed by atoms with Crippen LogP contribution >= 0.6 is 11.6 Å². The molecule has 0 spiro atoms. The number of aromatic amines is 1. The van der Waals surface area contributed by atoms with E-state index in [1.165, 1.54) is 0 Å². The summed E-state index contributed by atoms with van der Waals surface area (Å²) < 4.78 is 0. The fourth-order valence-electron chi connectivity index (χ4n) is 1.44. The molecule has 1 aromatic heterocycles. The summed E-state index contributed by atoms with van der Waals surface area (Å²) in [6.07, 6.45) is 0.713. The Morgan fingerprint density at radius 2 is 2.12 bits per heavy atom. The van der Waals surface area contributed by atoms with Crippen LogP contribution in [0.2, 0.25) is 5.15 Å². The number of carbonyl (C=O) groups is 1. The summed E-state index contributed by atoms with van der Waals surface area (Å²) in [5.41, 5.74) is 1.49. The van der Waals surface area contributed by atoms with E-state index < -0.39 is 0 Å². The van der Waals surface area contributed by atoms with E-state index in [0.717, 1.165) is 11.4 Å². The lowest BCUT2D eigenvalue weighted by Gasteiger charge is -2.01. The van der Waals surface area contributed by atoms with Gasteiger partial charge in [0, 0.05) is 5.69 Å². The Labute approximate surface area is 104 Å². The molecular formula is C12H12ClN3O. The zero-order valence-electron chi connectivity index (χ0n) is 9.33. The Bertz CT molecular complexity index is 522. The highest BCUT2D eigenvalue weighted by atomic mass is 35.5.